The van der Waals surface area contributed by atoms with E-state index in [1.54, 1.807) is 47.6 Å². The molecule has 1 aromatic heterocycles. The number of ether oxygens (including phenoxy) is 1. The molecule has 1 fully saturated rings. The highest BCUT2D eigenvalue weighted by molar-refractivity contribution is 6.30. The topological polar surface area (TPSA) is 111 Å². The van der Waals surface area contributed by atoms with Crippen LogP contribution in [0.15, 0.2) is 72.0 Å². The number of hydrogen-bond donors (Lipinski definition) is 1. The maximum absolute atomic E-state index is 14.3. The van der Waals surface area contributed by atoms with E-state index in [-0.39, 0.29) is 24.6 Å². The van der Waals surface area contributed by atoms with E-state index in [0.29, 0.717) is 40.8 Å². The molecule has 3 heterocycles. The predicted molar refractivity (Wildman–Crippen MR) is 146 cm³/mol. The lowest BCUT2D eigenvalue weighted by atomic mass is 9.94. The van der Waals surface area contributed by atoms with Crippen LogP contribution in [0.5, 0.6) is 5.75 Å². The smallest absolute Gasteiger partial charge is 0.326 e. The lowest BCUT2D eigenvalue weighted by Gasteiger charge is -2.35. The zero-order valence-electron chi connectivity index (χ0n) is 21.5. The molecule has 0 saturated carbocycles. The van der Waals surface area contributed by atoms with Crippen LogP contribution in [0.1, 0.15) is 48.2 Å². The molecule has 198 valence electrons. The molecule has 2 atom stereocenters. The average molecular weight is 543 g/mol. The standard InChI is InChI=1S/C29H27ClN6O3/c1-18(2)39-24-14-19(15-31)5-10-23(24)28-34-26(21-4-3-11-32-16-21)27(20-6-8-22(30)9-7-20)36(28)29(38)35-13-12-33-25(37)17-35/h3-11,14,16,18,26-27H,12-13,17H2,1-2H3,(H,33,37). The number of aliphatic imine (C=N–C) groups is 1. The normalized spacial score (nSPS) is 18.9. The third-order valence-electron chi connectivity index (χ3n) is 6.53. The van der Waals surface area contributed by atoms with Gasteiger partial charge in [-0.1, -0.05) is 29.8 Å². The first-order chi connectivity index (χ1) is 18.9. The number of carbonyl (C=O) groups is 2. The first kappa shape index (κ1) is 26.2. The summed E-state index contributed by atoms with van der Waals surface area (Å²) in [6, 6.07) is 16.9. The van der Waals surface area contributed by atoms with Crippen LogP contribution in [0.2, 0.25) is 5.02 Å². The minimum atomic E-state index is -0.554. The number of amidine groups is 1. The first-order valence-corrected chi connectivity index (χ1v) is 13.0. The number of carbonyl (C=O) groups excluding carboxylic acids is 2. The van der Waals surface area contributed by atoms with Crippen molar-refractivity contribution in [1.29, 1.82) is 5.26 Å². The summed E-state index contributed by atoms with van der Waals surface area (Å²) >= 11 is 6.22. The number of piperazine rings is 1. The second kappa shape index (κ2) is 11.1. The van der Waals surface area contributed by atoms with Gasteiger partial charge in [0.15, 0.2) is 0 Å². The predicted octanol–water partition coefficient (Wildman–Crippen LogP) is 4.49. The van der Waals surface area contributed by atoms with E-state index >= 15 is 0 Å². The Morgan fingerprint density at radius 1 is 1.18 bits per heavy atom. The summed E-state index contributed by atoms with van der Waals surface area (Å²) in [7, 11) is 0. The second-order valence-corrected chi connectivity index (χ2v) is 10.0. The van der Waals surface area contributed by atoms with Crippen molar-refractivity contribution < 1.29 is 14.3 Å². The summed E-state index contributed by atoms with van der Waals surface area (Å²) < 4.78 is 6.11. The van der Waals surface area contributed by atoms with Gasteiger partial charge in [0.25, 0.3) is 0 Å². The molecule has 0 radical (unpaired) electrons. The summed E-state index contributed by atoms with van der Waals surface area (Å²) in [6.07, 6.45) is 3.24. The summed E-state index contributed by atoms with van der Waals surface area (Å²) in [5, 5.41) is 12.9. The van der Waals surface area contributed by atoms with Gasteiger partial charge >= 0.3 is 6.03 Å². The Balaban J connectivity index is 1.71. The fourth-order valence-corrected chi connectivity index (χ4v) is 4.95. The number of urea groups is 1. The number of hydrogen-bond acceptors (Lipinski definition) is 6. The summed E-state index contributed by atoms with van der Waals surface area (Å²) in [6.45, 7) is 4.45. The summed E-state index contributed by atoms with van der Waals surface area (Å²) in [5.41, 5.74) is 2.64. The highest BCUT2D eigenvalue weighted by atomic mass is 35.5. The molecule has 39 heavy (non-hydrogen) atoms. The third kappa shape index (κ3) is 5.42. The maximum Gasteiger partial charge on any atom is 0.326 e. The van der Waals surface area contributed by atoms with Gasteiger partial charge in [0.1, 0.15) is 24.2 Å². The molecule has 0 spiro atoms. The number of nitriles is 1. The summed E-state index contributed by atoms with van der Waals surface area (Å²) in [4.78, 5) is 39.1. The number of halogens is 1. The van der Waals surface area contributed by atoms with Crippen LogP contribution in [-0.2, 0) is 4.79 Å². The van der Waals surface area contributed by atoms with Crippen LogP contribution in [0.4, 0.5) is 4.79 Å². The fourth-order valence-electron chi connectivity index (χ4n) is 4.83. The molecule has 2 unspecified atom stereocenters. The van der Waals surface area contributed by atoms with E-state index in [4.69, 9.17) is 21.3 Å². The number of amides is 3. The molecule has 3 amide bonds. The Hall–Kier alpha value is -4.42. The third-order valence-corrected chi connectivity index (χ3v) is 6.79. The van der Waals surface area contributed by atoms with Crippen molar-refractivity contribution in [2.24, 2.45) is 4.99 Å². The molecule has 2 aliphatic rings. The molecular weight excluding hydrogens is 516 g/mol. The average Bonchev–Trinajstić information content (AvgIpc) is 3.33. The Morgan fingerprint density at radius 3 is 2.64 bits per heavy atom. The number of aromatic nitrogens is 1. The molecule has 3 aromatic rings. The first-order valence-electron chi connectivity index (χ1n) is 12.6. The van der Waals surface area contributed by atoms with Crippen molar-refractivity contribution in [2.45, 2.75) is 32.0 Å². The Morgan fingerprint density at radius 2 is 1.97 bits per heavy atom. The maximum atomic E-state index is 14.3. The van der Waals surface area contributed by atoms with Gasteiger partial charge < -0.3 is 15.0 Å². The zero-order chi connectivity index (χ0) is 27.5. The van der Waals surface area contributed by atoms with Crippen LogP contribution >= 0.6 is 11.6 Å². The molecule has 1 saturated heterocycles. The quantitative estimate of drug-likeness (QED) is 0.510. The van der Waals surface area contributed by atoms with Crippen LogP contribution in [0.3, 0.4) is 0 Å². The van der Waals surface area contributed by atoms with Crippen LogP contribution in [-0.4, -0.2) is 58.3 Å². The molecule has 1 N–H and O–H groups in total. The van der Waals surface area contributed by atoms with E-state index in [1.165, 1.54) is 4.90 Å². The highest BCUT2D eigenvalue weighted by Crippen LogP contribution is 2.45. The van der Waals surface area contributed by atoms with Gasteiger partial charge in [-0.3, -0.25) is 19.7 Å². The van der Waals surface area contributed by atoms with Gasteiger partial charge in [0.05, 0.1) is 29.3 Å². The number of nitrogens with zero attached hydrogens (tertiary/aromatic N) is 5. The minimum absolute atomic E-state index is 0.0593. The van der Waals surface area contributed by atoms with Crippen molar-refractivity contribution in [1.82, 2.24) is 20.1 Å². The second-order valence-electron chi connectivity index (χ2n) is 9.59. The fraction of sp³-hybridized carbons (Fsp3) is 0.276. The van der Waals surface area contributed by atoms with Gasteiger partial charge in [-0.05, 0) is 61.4 Å². The van der Waals surface area contributed by atoms with Crippen molar-refractivity contribution in [3.8, 4) is 11.8 Å². The lowest BCUT2D eigenvalue weighted by Crippen LogP contribution is -2.55. The molecule has 5 rings (SSSR count). The molecule has 10 heteroatoms. The molecule has 2 aromatic carbocycles. The van der Waals surface area contributed by atoms with Gasteiger partial charge in [-0.15, -0.1) is 0 Å². The van der Waals surface area contributed by atoms with Gasteiger partial charge in [0, 0.05) is 30.5 Å². The van der Waals surface area contributed by atoms with Gasteiger partial charge in [-0.2, -0.15) is 5.26 Å². The number of pyridine rings is 1. The monoisotopic (exact) mass is 542 g/mol. The van der Waals surface area contributed by atoms with Gasteiger partial charge in [0.2, 0.25) is 5.91 Å². The van der Waals surface area contributed by atoms with E-state index < -0.39 is 12.1 Å². The molecule has 0 bridgehead atoms. The SMILES string of the molecule is CC(C)Oc1cc(C#N)ccc1C1=NC(c2cccnc2)C(c2ccc(Cl)cc2)N1C(=O)N1CCNC(=O)C1. The zero-order valence-corrected chi connectivity index (χ0v) is 22.3. The number of benzene rings is 2. The largest absolute Gasteiger partial charge is 0.490 e. The van der Waals surface area contributed by atoms with E-state index in [2.05, 4.69) is 16.4 Å². The number of nitrogens with one attached hydrogen (secondary N) is 1. The Labute approximate surface area is 231 Å². The molecular formula is C29H27ClN6O3. The lowest BCUT2D eigenvalue weighted by molar-refractivity contribution is -0.123. The van der Waals surface area contributed by atoms with Gasteiger partial charge in [-0.25, -0.2) is 4.79 Å². The van der Waals surface area contributed by atoms with Crippen molar-refractivity contribution in [2.75, 3.05) is 19.6 Å². The summed E-state index contributed by atoms with van der Waals surface area (Å²) in [5.74, 6) is 0.611. The molecule has 2 aliphatic heterocycles. The highest BCUT2D eigenvalue weighted by Gasteiger charge is 2.45. The van der Waals surface area contributed by atoms with Crippen LogP contribution < -0.4 is 10.1 Å². The molecule has 0 aliphatic carbocycles. The van der Waals surface area contributed by atoms with Crippen LogP contribution in [0, 0.1) is 11.3 Å². The Kier molecular flexibility index (Phi) is 7.48. The van der Waals surface area contributed by atoms with E-state index in [1.807, 2.05) is 38.1 Å². The van der Waals surface area contributed by atoms with Crippen molar-refractivity contribution in [3.05, 3.63) is 94.3 Å². The minimum Gasteiger partial charge on any atom is -0.490 e. The van der Waals surface area contributed by atoms with E-state index in [0.717, 1.165) is 11.1 Å². The Bertz CT molecular complexity index is 1450. The van der Waals surface area contributed by atoms with Crippen molar-refractivity contribution >= 4 is 29.4 Å². The van der Waals surface area contributed by atoms with E-state index in [9.17, 15) is 14.9 Å². The van der Waals surface area contributed by atoms with Crippen molar-refractivity contribution in [3.63, 3.8) is 0 Å². The molecule has 9 nitrogen and oxygen atoms in total. The van der Waals surface area contributed by atoms with Crippen LogP contribution in [0.25, 0.3) is 0 Å². The number of rotatable bonds is 5.